The van der Waals surface area contributed by atoms with E-state index >= 15 is 0 Å². The Balaban J connectivity index is 1.88. The van der Waals surface area contributed by atoms with Gasteiger partial charge in [0.05, 0.1) is 6.54 Å². The molecule has 1 heterocycles. The number of nitrogens with one attached hydrogen (secondary N) is 3. The van der Waals surface area contributed by atoms with Crippen molar-refractivity contribution >= 4 is 23.3 Å². The first kappa shape index (κ1) is 24.3. The molecule has 7 heteroatoms. The fourth-order valence-electron chi connectivity index (χ4n) is 4.00. The van der Waals surface area contributed by atoms with Gasteiger partial charge in [-0.2, -0.15) is 0 Å². The van der Waals surface area contributed by atoms with E-state index < -0.39 is 0 Å². The van der Waals surface area contributed by atoms with Gasteiger partial charge in [-0.1, -0.05) is 47.6 Å². The molecule has 0 unspecified atom stereocenters. The number of carbonyl (C=O) groups excluding carboxylic acids is 2. The van der Waals surface area contributed by atoms with Crippen LogP contribution in [-0.2, 0) is 17.4 Å². The van der Waals surface area contributed by atoms with Crippen molar-refractivity contribution < 1.29 is 14.7 Å². The Morgan fingerprint density at radius 3 is 2.12 bits per heavy atom. The lowest BCUT2D eigenvalue weighted by Crippen LogP contribution is -2.30. The lowest BCUT2D eigenvalue weighted by atomic mass is 9.78. The van der Waals surface area contributed by atoms with Crippen LogP contribution in [0.3, 0.4) is 0 Å². The highest BCUT2D eigenvalue weighted by Crippen LogP contribution is 2.40. The fraction of sp³-hybridized carbons (Fsp3) is 0.423. The van der Waals surface area contributed by atoms with Gasteiger partial charge >= 0.3 is 6.03 Å². The molecule has 0 fully saturated rings. The van der Waals surface area contributed by atoms with Gasteiger partial charge in [0.25, 0.3) is 0 Å². The highest BCUT2D eigenvalue weighted by atomic mass is 16.3. The Labute approximate surface area is 195 Å². The molecule has 0 spiro atoms. The minimum Gasteiger partial charge on any atom is -0.507 e. The number of hydrogen-bond acceptors (Lipinski definition) is 4. The van der Waals surface area contributed by atoms with E-state index in [9.17, 15) is 14.7 Å². The Morgan fingerprint density at radius 2 is 1.61 bits per heavy atom. The van der Waals surface area contributed by atoms with E-state index in [0.29, 0.717) is 23.4 Å². The number of phenols is 1. The van der Waals surface area contributed by atoms with Crippen LogP contribution in [0.1, 0.15) is 74.2 Å². The van der Waals surface area contributed by atoms with Gasteiger partial charge in [0, 0.05) is 41.5 Å². The van der Waals surface area contributed by atoms with Crippen LogP contribution in [0.15, 0.2) is 30.3 Å². The second-order valence-electron chi connectivity index (χ2n) is 10.6. The largest absolute Gasteiger partial charge is 0.507 e. The van der Waals surface area contributed by atoms with Crippen LogP contribution in [0.5, 0.6) is 5.75 Å². The monoisotopic (exact) mass is 450 g/mol. The van der Waals surface area contributed by atoms with E-state index in [0.717, 1.165) is 16.7 Å². The molecule has 0 radical (unpaired) electrons. The van der Waals surface area contributed by atoms with Crippen molar-refractivity contribution in [1.82, 2.24) is 10.2 Å². The maximum Gasteiger partial charge on any atom is 0.318 e. The van der Waals surface area contributed by atoms with Gasteiger partial charge in [-0.15, -0.1) is 0 Å². The van der Waals surface area contributed by atoms with Crippen molar-refractivity contribution in [3.8, 4) is 5.75 Å². The number of fused-ring (bicyclic) bond motifs is 1. The van der Waals surface area contributed by atoms with Crippen LogP contribution >= 0.6 is 0 Å². The number of anilines is 1. The van der Waals surface area contributed by atoms with Crippen molar-refractivity contribution in [2.45, 2.75) is 58.9 Å². The molecule has 2 aromatic carbocycles. The first-order valence-corrected chi connectivity index (χ1v) is 11.1. The summed E-state index contributed by atoms with van der Waals surface area (Å²) in [5.41, 5.74) is 3.59. The number of aromatic hydroxyl groups is 1. The maximum absolute atomic E-state index is 13.3. The first-order valence-electron chi connectivity index (χ1n) is 11.1. The van der Waals surface area contributed by atoms with Crippen molar-refractivity contribution in [1.29, 1.82) is 5.41 Å². The van der Waals surface area contributed by atoms with Gasteiger partial charge in [-0.3, -0.25) is 10.2 Å². The number of Topliss-reactive ketones (excluding diaryl/α,β-unsaturated/α-hetero) is 1. The molecule has 1 aliphatic heterocycles. The molecule has 7 nitrogen and oxygen atoms in total. The van der Waals surface area contributed by atoms with E-state index in [1.165, 1.54) is 7.05 Å². The first-order chi connectivity index (χ1) is 15.2. The highest BCUT2D eigenvalue weighted by Gasteiger charge is 2.30. The van der Waals surface area contributed by atoms with Crippen molar-refractivity contribution in [2.75, 3.05) is 18.9 Å². The summed E-state index contributed by atoms with van der Waals surface area (Å²) in [6, 6.07) is 8.65. The molecule has 0 aliphatic carbocycles. The van der Waals surface area contributed by atoms with Crippen LogP contribution in [0.4, 0.5) is 10.5 Å². The average molecular weight is 451 g/mol. The summed E-state index contributed by atoms with van der Waals surface area (Å²) in [5.74, 6) is 0.390. The second-order valence-corrected chi connectivity index (χ2v) is 10.6. The highest BCUT2D eigenvalue weighted by molar-refractivity contribution is 6.06. The lowest BCUT2D eigenvalue weighted by Gasteiger charge is -2.28. The molecule has 2 amide bonds. The molecule has 0 atom stereocenters. The number of rotatable bonds is 4. The van der Waals surface area contributed by atoms with Gasteiger partial charge in [-0.25, -0.2) is 4.79 Å². The van der Waals surface area contributed by atoms with E-state index in [2.05, 4.69) is 10.6 Å². The Hall–Kier alpha value is -3.35. The Morgan fingerprint density at radius 1 is 1.03 bits per heavy atom. The average Bonchev–Trinajstić information content (AvgIpc) is 3.01. The van der Waals surface area contributed by atoms with E-state index in [4.69, 9.17) is 5.41 Å². The number of benzene rings is 2. The molecule has 0 saturated carbocycles. The summed E-state index contributed by atoms with van der Waals surface area (Å²) >= 11 is 0. The Bertz CT molecular complexity index is 1090. The molecular weight excluding hydrogens is 416 g/mol. The second kappa shape index (κ2) is 8.54. The third-order valence-corrected chi connectivity index (χ3v) is 5.91. The minimum absolute atomic E-state index is 0.0592. The predicted molar refractivity (Wildman–Crippen MR) is 132 cm³/mol. The molecule has 0 saturated heterocycles. The van der Waals surface area contributed by atoms with Crippen LogP contribution in [-0.4, -0.2) is 41.2 Å². The summed E-state index contributed by atoms with van der Waals surface area (Å²) < 4.78 is 0. The third kappa shape index (κ3) is 5.02. The molecule has 4 N–H and O–H groups in total. The normalized spacial score (nSPS) is 13.7. The zero-order valence-corrected chi connectivity index (χ0v) is 20.5. The zero-order valence-electron chi connectivity index (χ0n) is 20.5. The van der Waals surface area contributed by atoms with Gasteiger partial charge in [0.1, 0.15) is 11.6 Å². The van der Waals surface area contributed by atoms with E-state index in [1.807, 2.05) is 47.6 Å². The van der Waals surface area contributed by atoms with Crippen molar-refractivity contribution in [2.24, 2.45) is 0 Å². The molecule has 2 aromatic rings. The minimum atomic E-state index is -0.330. The smallest absolute Gasteiger partial charge is 0.318 e. The lowest BCUT2D eigenvalue weighted by molar-refractivity contribution is 0.0962. The van der Waals surface area contributed by atoms with Gasteiger partial charge in [0.15, 0.2) is 5.78 Å². The zero-order chi connectivity index (χ0) is 24.7. The summed E-state index contributed by atoms with van der Waals surface area (Å²) in [4.78, 5) is 26.7. The Kier molecular flexibility index (Phi) is 6.29. The van der Waals surface area contributed by atoms with Crippen molar-refractivity contribution in [3.05, 3.63) is 58.1 Å². The molecule has 0 aromatic heterocycles. The molecule has 33 heavy (non-hydrogen) atoms. The summed E-state index contributed by atoms with van der Waals surface area (Å²) in [6.45, 7) is 12.6. The number of phenolic OH excluding ortho intramolecular Hbond substituents is 1. The SMILES string of the molecule is CNC(=O)Nc1ccc2c(c1)C(=N)N(CC(=O)c1cc(C(C)(C)C)c(O)c(C(C)(C)C)c1)C2. The number of hydrogen-bond donors (Lipinski definition) is 4. The number of nitrogens with zero attached hydrogens (tertiary/aromatic N) is 1. The summed E-state index contributed by atoms with van der Waals surface area (Å²) in [6.07, 6.45) is 0. The molecule has 1 aliphatic rings. The number of carbonyl (C=O) groups is 2. The van der Waals surface area contributed by atoms with Gasteiger partial charge in [0.2, 0.25) is 0 Å². The van der Waals surface area contributed by atoms with E-state index in [1.54, 1.807) is 29.2 Å². The topological polar surface area (TPSA) is 106 Å². The molecule has 0 bridgehead atoms. The molecular formula is C26H34N4O3. The summed E-state index contributed by atoms with van der Waals surface area (Å²) in [7, 11) is 1.54. The number of amides is 2. The van der Waals surface area contributed by atoms with Crippen LogP contribution in [0.25, 0.3) is 0 Å². The van der Waals surface area contributed by atoms with Crippen LogP contribution in [0.2, 0.25) is 0 Å². The van der Waals surface area contributed by atoms with Crippen LogP contribution in [0, 0.1) is 5.41 Å². The summed E-state index contributed by atoms with van der Waals surface area (Å²) in [5, 5.41) is 24.7. The number of urea groups is 1. The van der Waals surface area contributed by atoms with Gasteiger partial charge in [-0.05, 0) is 40.7 Å². The third-order valence-electron chi connectivity index (χ3n) is 5.91. The van der Waals surface area contributed by atoms with Gasteiger partial charge < -0.3 is 20.6 Å². The van der Waals surface area contributed by atoms with Crippen LogP contribution < -0.4 is 10.6 Å². The molecule has 3 rings (SSSR count). The molecule has 176 valence electrons. The van der Waals surface area contributed by atoms with Crippen molar-refractivity contribution in [3.63, 3.8) is 0 Å². The number of ketones is 1. The fourth-order valence-corrected chi connectivity index (χ4v) is 4.00. The van der Waals surface area contributed by atoms with E-state index in [-0.39, 0.29) is 40.8 Å². The standard InChI is InChI=1S/C26H34N4O3/c1-25(2,3)19-10-16(11-20(22(19)32)26(4,5)6)21(31)14-30-13-15-8-9-17(29-24(33)28-7)12-18(15)23(30)27/h8-12,27,32H,13-14H2,1-7H3,(H2,28,29,33). The number of amidine groups is 1. The predicted octanol–water partition coefficient (Wildman–Crippen LogP) is 4.76. The quantitative estimate of drug-likeness (QED) is 0.504. The maximum atomic E-state index is 13.3.